The van der Waals surface area contributed by atoms with E-state index in [1.54, 1.807) is 12.1 Å². The second-order valence-corrected chi connectivity index (χ2v) is 6.11. The van der Waals surface area contributed by atoms with Gasteiger partial charge in [-0.1, -0.05) is 29.3 Å². The molecule has 2 N–H and O–H groups in total. The van der Waals surface area contributed by atoms with Gasteiger partial charge >= 0.3 is 0 Å². The van der Waals surface area contributed by atoms with E-state index in [9.17, 15) is 13.6 Å². The monoisotopic (exact) mass is 393 g/mol. The minimum absolute atomic E-state index is 0.178. The van der Waals surface area contributed by atoms with Crippen LogP contribution in [0.3, 0.4) is 0 Å². The number of para-hydroxylation sites is 1. The number of nitrogens with zero attached hydrogens (tertiary/aromatic N) is 1. The van der Waals surface area contributed by atoms with Crippen LogP contribution in [-0.2, 0) is 0 Å². The van der Waals surface area contributed by atoms with Gasteiger partial charge in [0.05, 0.1) is 28.2 Å². The molecule has 3 aromatic rings. The lowest BCUT2D eigenvalue weighted by atomic mass is 10.2. The molecule has 0 saturated carbocycles. The maximum atomic E-state index is 13.7. The predicted octanol–water partition coefficient (Wildman–Crippen LogP) is 5.66. The Balaban J connectivity index is 1.81. The minimum Gasteiger partial charge on any atom is -0.349 e. The summed E-state index contributed by atoms with van der Waals surface area (Å²) in [5.41, 5.74) is 0.480. The molecule has 0 radical (unpaired) electrons. The summed E-state index contributed by atoms with van der Waals surface area (Å²) in [5, 5.41) is 5.92. The molecule has 0 aliphatic carbocycles. The first-order valence-electron chi connectivity index (χ1n) is 7.36. The first kappa shape index (κ1) is 18.1. The molecule has 1 amide bonds. The Morgan fingerprint density at radius 3 is 2.42 bits per heavy atom. The molecule has 0 bridgehead atoms. The number of rotatable bonds is 4. The molecule has 0 fully saturated rings. The van der Waals surface area contributed by atoms with Crippen LogP contribution < -0.4 is 10.6 Å². The Morgan fingerprint density at radius 1 is 1.00 bits per heavy atom. The molecule has 3 rings (SSSR count). The van der Waals surface area contributed by atoms with Crippen LogP contribution in [0.2, 0.25) is 10.0 Å². The first-order valence-corrected chi connectivity index (χ1v) is 8.12. The van der Waals surface area contributed by atoms with Crippen LogP contribution in [0.15, 0.2) is 54.9 Å². The van der Waals surface area contributed by atoms with Crippen molar-refractivity contribution in [3.8, 4) is 0 Å². The van der Waals surface area contributed by atoms with E-state index < -0.39 is 17.5 Å². The first-order chi connectivity index (χ1) is 12.4. The lowest BCUT2D eigenvalue weighted by Gasteiger charge is -2.10. The van der Waals surface area contributed by atoms with Gasteiger partial charge in [0.25, 0.3) is 5.91 Å². The van der Waals surface area contributed by atoms with E-state index in [4.69, 9.17) is 23.2 Å². The average molecular weight is 394 g/mol. The summed E-state index contributed by atoms with van der Waals surface area (Å²) < 4.78 is 27.5. The molecule has 0 spiro atoms. The van der Waals surface area contributed by atoms with Crippen LogP contribution in [0.4, 0.5) is 25.8 Å². The molecule has 4 nitrogen and oxygen atoms in total. The summed E-state index contributed by atoms with van der Waals surface area (Å²) >= 11 is 11.8. The van der Waals surface area contributed by atoms with Crippen molar-refractivity contribution in [1.29, 1.82) is 0 Å². The van der Waals surface area contributed by atoms with E-state index in [0.717, 1.165) is 12.1 Å². The second kappa shape index (κ2) is 7.68. The number of carbonyl (C=O) groups is 1. The molecule has 0 aliphatic rings. The van der Waals surface area contributed by atoms with Crippen LogP contribution in [0.25, 0.3) is 0 Å². The van der Waals surface area contributed by atoms with Gasteiger partial charge in [-0.3, -0.25) is 9.78 Å². The van der Waals surface area contributed by atoms with Crippen LogP contribution in [0.5, 0.6) is 0 Å². The van der Waals surface area contributed by atoms with E-state index in [1.165, 1.54) is 30.6 Å². The van der Waals surface area contributed by atoms with Gasteiger partial charge in [0.15, 0.2) is 0 Å². The zero-order valence-corrected chi connectivity index (χ0v) is 14.6. The van der Waals surface area contributed by atoms with Gasteiger partial charge in [0.2, 0.25) is 0 Å². The zero-order valence-electron chi connectivity index (χ0n) is 13.1. The van der Waals surface area contributed by atoms with Crippen LogP contribution in [-0.4, -0.2) is 10.9 Å². The van der Waals surface area contributed by atoms with Crippen molar-refractivity contribution in [2.24, 2.45) is 0 Å². The summed E-state index contributed by atoms with van der Waals surface area (Å²) in [7, 11) is 0. The van der Waals surface area contributed by atoms with Crippen LogP contribution in [0.1, 0.15) is 10.4 Å². The van der Waals surface area contributed by atoms with Crippen LogP contribution >= 0.6 is 23.2 Å². The van der Waals surface area contributed by atoms with Crippen molar-refractivity contribution < 1.29 is 13.6 Å². The Hall–Kier alpha value is -2.70. The third-order valence-electron chi connectivity index (χ3n) is 3.41. The van der Waals surface area contributed by atoms with E-state index in [1.807, 2.05) is 0 Å². The highest BCUT2D eigenvalue weighted by molar-refractivity contribution is 6.36. The molecule has 1 aromatic heterocycles. The SMILES string of the molecule is O=C(Nc1ccc(Cl)cc1Cl)c1cncc(Nc2c(F)cccc2F)c1. The van der Waals surface area contributed by atoms with Crippen molar-refractivity contribution >= 4 is 46.2 Å². The van der Waals surface area contributed by atoms with E-state index in [2.05, 4.69) is 15.6 Å². The maximum absolute atomic E-state index is 13.7. The van der Waals surface area contributed by atoms with E-state index in [0.29, 0.717) is 10.7 Å². The van der Waals surface area contributed by atoms with Gasteiger partial charge in [-0.2, -0.15) is 0 Å². The number of halogens is 4. The molecule has 0 saturated heterocycles. The minimum atomic E-state index is -0.757. The number of pyridine rings is 1. The largest absolute Gasteiger partial charge is 0.349 e. The topological polar surface area (TPSA) is 54.0 Å². The number of benzene rings is 2. The van der Waals surface area contributed by atoms with Gasteiger partial charge in [-0.25, -0.2) is 8.78 Å². The molecular formula is C18H11Cl2F2N3O. The molecule has 0 atom stereocenters. The normalized spacial score (nSPS) is 10.5. The number of hydrogen-bond acceptors (Lipinski definition) is 3. The predicted molar refractivity (Wildman–Crippen MR) is 98.3 cm³/mol. The van der Waals surface area contributed by atoms with Crippen molar-refractivity contribution in [3.05, 3.63) is 82.1 Å². The highest BCUT2D eigenvalue weighted by Crippen LogP contribution is 2.26. The summed E-state index contributed by atoms with van der Waals surface area (Å²) in [6, 6.07) is 9.56. The van der Waals surface area contributed by atoms with E-state index in [-0.39, 0.29) is 22.0 Å². The zero-order chi connectivity index (χ0) is 18.7. The fourth-order valence-electron chi connectivity index (χ4n) is 2.18. The van der Waals surface area contributed by atoms with Gasteiger partial charge < -0.3 is 10.6 Å². The number of carbonyl (C=O) groups excluding carboxylic acids is 1. The number of aromatic nitrogens is 1. The summed E-state index contributed by atoms with van der Waals surface area (Å²) in [6.45, 7) is 0. The lowest BCUT2D eigenvalue weighted by molar-refractivity contribution is 0.102. The second-order valence-electron chi connectivity index (χ2n) is 5.26. The fraction of sp³-hybridized carbons (Fsp3) is 0. The average Bonchev–Trinajstić information content (AvgIpc) is 2.61. The van der Waals surface area contributed by atoms with Crippen molar-refractivity contribution in [1.82, 2.24) is 4.98 Å². The van der Waals surface area contributed by atoms with Gasteiger partial charge in [-0.05, 0) is 36.4 Å². The van der Waals surface area contributed by atoms with Gasteiger partial charge in [0, 0.05) is 11.2 Å². The standard InChI is InChI=1S/C18H11Cl2F2N3O/c19-11-4-5-16(13(20)7-11)25-18(26)10-6-12(9-23-8-10)24-17-14(21)2-1-3-15(17)22/h1-9,24H,(H,25,26). The van der Waals surface area contributed by atoms with Gasteiger partial charge in [0.1, 0.15) is 17.3 Å². The smallest absolute Gasteiger partial charge is 0.257 e. The highest BCUT2D eigenvalue weighted by Gasteiger charge is 2.12. The Bertz CT molecular complexity index is 962. The van der Waals surface area contributed by atoms with Crippen molar-refractivity contribution in [3.63, 3.8) is 0 Å². The fourth-order valence-corrected chi connectivity index (χ4v) is 2.64. The Morgan fingerprint density at radius 2 is 1.73 bits per heavy atom. The van der Waals surface area contributed by atoms with Gasteiger partial charge in [-0.15, -0.1) is 0 Å². The summed E-state index contributed by atoms with van der Waals surface area (Å²) in [6.07, 6.45) is 2.67. The third-order valence-corrected chi connectivity index (χ3v) is 3.96. The molecular weight excluding hydrogens is 383 g/mol. The molecule has 132 valence electrons. The third kappa shape index (κ3) is 4.09. The quantitative estimate of drug-likeness (QED) is 0.600. The number of nitrogens with one attached hydrogen (secondary N) is 2. The van der Waals surface area contributed by atoms with E-state index >= 15 is 0 Å². The number of amides is 1. The Labute approximate surface area is 157 Å². The molecule has 0 aliphatic heterocycles. The van der Waals surface area contributed by atoms with Crippen molar-refractivity contribution in [2.75, 3.05) is 10.6 Å². The van der Waals surface area contributed by atoms with Crippen molar-refractivity contribution in [2.45, 2.75) is 0 Å². The molecule has 26 heavy (non-hydrogen) atoms. The number of hydrogen-bond donors (Lipinski definition) is 2. The summed E-state index contributed by atoms with van der Waals surface area (Å²) in [5.74, 6) is -2.00. The van der Waals surface area contributed by atoms with Crippen LogP contribution in [0, 0.1) is 11.6 Å². The molecule has 0 unspecified atom stereocenters. The number of anilines is 3. The molecule has 1 heterocycles. The summed E-state index contributed by atoms with van der Waals surface area (Å²) in [4.78, 5) is 16.3. The lowest BCUT2D eigenvalue weighted by Crippen LogP contribution is -2.13. The molecule has 8 heteroatoms. The molecule has 2 aromatic carbocycles. The highest BCUT2D eigenvalue weighted by atomic mass is 35.5. The Kier molecular flexibility index (Phi) is 5.35. The maximum Gasteiger partial charge on any atom is 0.257 e.